The first-order valence-electron chi connectivity index (χ1n) is 10.4. The molecule has 172 valence electrons. The van der Waals surface area contributed by atoms with Crippen molar-refractivity contribution in [3.05, 3.63) is 59.0 Å². The number of carbonyl (C=O) groups excluding carboxylic acids is 1. The molecule has 1 aliphatic carbocycles. The number of nitrogens with one attached hydrogen (secondary N) is 1. The lowest BCUT2D eigenvalue weighted by Crippen LogP contribution is -2.38. The van der Waals surface area contributed by atoms with Gasteiger partial charge >= 0.3 is 0 Å². The van der Waals surface area contributed by atoms with Crippen LogP contribution in [-0.4, -0.2) is 31.1 Å². The molecule has 1 aliphatic heterocycles. The summed E-state index contributed by atoms with van der Waals surface area (Å²) in [5.41, 5.74) is 1.57. The van der Waals surface area contributed by atoms with Crippen LogP contribution < -0.4 is 14.4 Å². The Kier molecular flexibility index (Phi) is 5.08. The van der Waals surface area contributed by atoms with Gasteiger partial charge in [-0.2, -0.15) is 4.98 Å². The zero-order valence-corrected chi connectivity index (χ0v) is 18.8. The van der Waals surface area contributed by atoms with Gasteiger partial charge in [-0.15, -0.1) is 0 Å². The van der Waals surface area contributed by atoms with Crippen molar-refractivity contribution < 1.29 is 26.9 Å². The van der Waals surface area contributed by atoms with Gasteiger partial charge in [-0.25, -0.2) is 12.8 Å². The van der Waals surface area contributed by atoms with E-state index < -0.39 is 15.8 Å². The number of benzene rings is 2. The first kappa shape index (κ1) is 21.4. The van der Waals surface area contributed by atoms with Crippen molar-refractivity contribution in [2.75, 3.05) is 16.2 Å². The van der Waals surface area contributed by atoms with Gasteiger partial charge in [-0.1, -0.05) is 5.16 Å². The van der Waals surface area contributed by atoms with Gasteiger partial charge in [0.05, 0.1) is 22.8 Å². The number of sulfonamides is 1. The smallest absolute Gasteiger partial charge is 0.265 e. The summed E-state index contributed by atoms with van der Waals surface area (Å²) >= 11 is 0. The minimum Gasteiger partial charge on any atom is -0.482 e. The number of hydrogen-bond acceptors (Lipinski definition) is 7. The minimum absolute atomic E-state index is 0.00476. The lowest BCUT2D eigenvalue weighted by Gasteiger charge is -2.29. The highest BCUT2D eigenvalue weighted by Gasteiger charge is 2.33. The van der Waals surface area contributed by atoms with E-state index in [2.05, 4.69) is 14.9 Å². The third-order valence-electron chi connectivity index (χ3n) is 5.63. The van der Waals surface area contributed by atoms with Gasteiger partial charge in [-0.3, -0.25) is 14.4 Å². The molecule has 2 aliphatic rings. The van der Waals surface area contributed by atoms with E-state index >= 15 is 0 Å². The van der Waals surface area contributed by atoms with Crippen molar-refractivity contribution in [3.8, 4) is 5.75 Å². The Balaban J connectivity index is 1.45. The molecule has 9 nitrogen and oxygen atoms in total. The van der Waals surface area contributed by atoms with Gasteiger partial charge in [0.25, 0.3) is 15.9 Å². The fraction of sp³-hybridized carbons (Fsp3) is 0.318. The molecule has 1 amide bonds. The predicted octanol–water partition coefficient (Wildman–Crippen LogP) is 3.43. The zero-order chi connectivity index (χ0) is 23.3. The highest BCUT2D eigenvalue weighted by Crippen LogP contribution is 2.40. The number of rotatable bonds is 6. The number of amides is 1. The monoisotopic (exact) mass is 472 g/mol. The number of aromatic nitrogens is 2. The number of fused-ring (bicyclic) bond motifs is 1. The van der Waals surface area contributed by atoms with Crippen molar-refractivity contribution in [2.24, 2.45) is 0 Å². The average molecular weight is 472 g/mol. The topological polar surface area (TPSA) is 115 Å². The second-order valence-corrected chi connectivity index (χ2v) is 9.89. The number of nitrogens with zero attached hydrogens (tertiary/aromatic N) is 3. The Morgan fingerprint density at radius 3 is 2.70 bits per heavy atom. The second kappa shape index (κ2) is 7.84. The molecule has 0 bridgehead atoms. The van der Waals surface area contributed by atoms with E-state index in [1.54, 1.807) is 19.9 Å². The Morgan fingerprint density at radius 2 is 1.97 bits per heavy atom. The number of aryl methyl sites for hydroxylation is 2. The largest absolute Gasteiger partial charge is 0.482 e. The van der Waals surface area contributed by atoms with Gasteiger partial charge in [-0.05, 0) is 62.1 Å². The molecule has 2 heterocycles. The molecule has 1 fully saturated rings. The maximum Gasteiger partial charge on any atom is 0.265 e. The van der Waals surface area contributed by atoms with E-state index in [1.165, 1.54) is 29.2 Å². The van der Waals surface area contributed by atoms with Gasteiger partial charge in [0.1, 0.15) is 11.6 Å². The lowest BCUT2D eigenvalue weighted by molar-refractivity contribution is -0.121. The van der Waals surface area contributed by atoms with Crippen LogP contribution in [0.25, 0.3) is 0 Å². The van der Waals surface area contributed by atoms with E-state index in [4.69, 9.17) is 9.26 Å². The molecule has 1 saturated carbocycles. The fourth-order valence-corrected chi connectivity index (χ4v) is 5.08. The van der Waals surface area contributed by atoms with Crippen LogP contribution >= 0.6 is 0 Å². The molecule has 11 heteroatoms. The van der Waals surface area contributed by atoms with Crippen LogP contribution in [0.15, 0.2) is 39.8 Å². The van der Waals surface area contributed by atoms with E-state index in [9.17, 15) is 17.6 Å². The third kappa shape index (κ3) is 4.15. The van der Waals surface area contributed by atoms with Crippen LogP contribution in [-0.2, 0) is 21.4 Å². The van der Waals surface area contributed by atoms with E-state index in [1.807, 2.05) is 0 Å². The fourth-order valence-electron chi connectivity index (χ4n) is 3.71. The Morgan fingerprint density at radius 1 is 1.18 bits per heavy atom. The van der Waals surface area contributed by atoms with Gasteiger partial charge in [0.2, 0.25) is 5.89 Å². The van der Waals surface area contributed by atoms with Crippen molar-refractivity contribution in [2.45, 2.75) is 44.0 Å². The summed E-state index contributed by atoms with van der Waals surface area (Å²) in [6.07, 6.45) is 2.03. The lowest BCUT2D eigenvalue weighted by atomic mass is 10.1. The summed E-state index contributed by atoms with van der Waals surface area (Å²) in [4.78, 5) is 18.4. The quantitative estimate of drug-likeness (QED) is 0.584. The normalized spacial score (nSPS) is 15.8. The van der Waals surface area contributed by atoms with Crippen molar-refractivity contribution in [3.63, 3.8) is 0 Å². The molecule has 1 aromatic heterocycles. The first-order valence-corrected chi connectivity index (χ1v) is 11.9. The van der Waals surface area contributed by atoms with E-state index in [0.29, 0.717) is 34.4 Å². The maximum absolute atomic E-state index is 13.4. The summed E-state index contributed by atoms with van der Waals surface area (Å²) in [7, 11) is -4.00. The van der Waals surface area contributed by atoms with Crippen LogP contribution in [0, 0.1) is 19.7 Å². The Labute approximate surface area is 189 Å². The van der Waals surface area contributed by atoms with Crippen molar-refractivity contribution >= 4 is 27.3 Å². The Bertz CT molecular complexity index is 1370. The zero-order valence-electron chi connectivity index (χ0n) is 18.0. The number of halogens is 1. The molecule has 0 saturated heterocycles. The van der Waals surface area contributed by atoms with Gasteiger partial charge in [0, 0.05) is 12.0 Å². The predicted molar refractivity (Wildman–Crippen MR) is 116 cm³/mol. The van der Waals surface area contributed by atoms with E-state index in [-0.39, 0.29) is 35.4 Å². The molecule has 0 unspecified atom stereocenters. The SMILES string of the molecule is Cc1cc(F)ccc1NS(=O)(=O)c1cc2c(cc1C)N(Cc1noc(C3CC3)n1)C(=O)CO2. The second-order valence-electron chi connectivity index (χ2n) is 8.24. The molecular formula is C22H21FN4O5S. The summed E-state index contributed by atoms with van der Waals surface area (Å²) < 4.78 is 52.9. The summed E-state index contributed by atoms with van der Waals surface area (Å²) in [6, 6.07) is 6.77. The number of hydrogen-bond donors (Lipinski definition) is 1. The number of anilines is 2. The van der Waals surface area contributed by atoms with Gasteiger partial charge < -0.3 is 9.26 Å². The molecule has 2 aromatic carbocycles. The molecule has 0 spiro atoms. The molecule has 5 rings (SSSR count). The third-order valence-corrected chi connectivity index (χ3v) is 7.14. The van der Waals surface area contributed by atoms with Crippen molar-refractivity contribution in [1.82, 2.24) is 10.1 Å². The molecule has 1 N–H and O–H groups in total. The molecule has 0 atom stereocenters. The van der Waals surface area contributed by atoms with Crippen LogP contribution in [0.5, 0.6) is 5.75 Å². The molecule has 33 heavy (non-hydrogen) atoms. The van der Waals surface area contributed by atoms with E-state index in [0.717, 1.165) is 12.8 Å². The molecular weight excluding hydrogens is 451 g/mol. The highest BCUT2D eigenvalue weighted by atomic mass is 32.2. The summed E-state index contributed by atoms with van der Waals surface area (Å²) in [6.45, 7) is 3.08. The standard InChI is InChI=1S/C22H21FN4O5S/c1-12-7-15(23)5-6-16(12)26-33(29,30)19-9-18-17(8-13(19)2)27(21(28)11-31-18)10-20-24-22(32-25-20)14-3-4-14/h5-9,14,26H,3-4,10-11H2,1-2H3. The van der Waals surface area contributed by atoms with Crippen LogP contribution in [0.1, 0.15) is 41.6 Å². The van der Waals surface area contributed by atoms with Crippen LogP contribution in [0.3, 0.4) is 0 Å². The number of ether oxygens (including phenoxy) is 1. The Hall–Kier alpha value is -3.47. The first-order chi connectivity index (χ1) is 15.7. The van der Waals surface area contributed by atoms with Gasteiger partial charge in [0.15, 0.2) is 12.4 Å². The number of carbonyl (C=O) groups is 1. The van der Waals surface area contributed by atoms with Crippen LogP contribution in [0.2, 0.25) is 0 Å². The van der Waals surface area contributed by atoms with Crippen molar-refractivity contribution in [1.29, 1.82) is 0 Å². The highest BCUT2D eigenvalue weighted by molar-refractivity contribution is 7.92. The van der Waals surface area contributed by atoms with Crippen LogP contribution in [0.4, 0.5) is 15.8 Å². The molecule has 3 aromatic rings. The average Bonchev–Trinajstić information content (AvgIpc) is 3.50. The minimum atomic E-state index is -4.00. The summed E-state index contributed by atoms with van der Waals surface area (Å²) in [5.74, 6) is 0.750. The molecule has 0 radical (unpaired) electrons. The maximum atomic E-state index is 13.4. The summed E-state index contributed by atoms with van der Waals surface area (Å²) in [5, 5.41) is 3.97.